The van der Waals surface area contributed by atoms with Gasteiger partial charge in [0.1, 0.15) is 0 Å². The number of aromatic nitrogens is 2. The first-order valence-electron chi connectivity index (χ1n) is 10.4. The van der Waals surface area contributed by atoms with Crippen molar-refractivity contribution in [3.8, 4) is 10.7 Å². The van der Waals surface area contributed by atoms with Gasteiger partial charge in [-0.25, -0.2) is 4.79 Å². The molecule has 1 aromatic carbocycles. The first-order chi connectivity index (χ1) is 15.5. The maximum absolute atomic E-state index is 12.7. The Morgan fingerprint density at radius 2 is 2.12 bits per heavy atom. The number of carbonyl (C=O) groups is 2. The molecule has 8 nitrogen and oxygen atoms in total. The fourth-order valence-electron chi connectivity index (χ4n) is 3.58. The summed E-state index contributed by atoms with van der Waals surface area (Å²) in [6, 6.07) is 8.70. The summed E-state index contributed by atoms with van der Waals surface area (Å²) in [6.07, 6.45) is 1.46. The van der Waals surface area contributed by atoms with Crippen LogP contribution in [0.3, 0.4) is 0 Å². The van der Waals surface area contributed by atoms with Gasteiger partial charge in [0.25, 0.3) is 0 Å². The first kappa shape index (κ1) is 22.4. The Morgan fingerprint density at radius 1 is 1.31 bits per heavy atom. The molecule has 0 aliphatic carbocycles. The molecule has 0 atom stereocenters. The Balaban J connectivity index is 1.27. The molecule has 0 unspecified atom stereocenters. The summed E-state index contributed by atoms with van der Waals surface area (Å²) in [5.74, 6) is 0.553. The van der Waals surface area contributed by atoms with E-state index in [1.807, 2.05) is 17.5 Å². The zero-order valence-corrected chi connectivity index (χ0v) is 19.1. The van der Waals surface area contributed by atoms with Crippen LogP contribution in [-0.4, -0.2) is 46.6 Å². The molecular formula is C22H23ClN4O4S. The van der Waals surface area contributed by atoms with Crippen LogP contribution < -0.4 is 5.32 Å². The lowest BCUT2D eigenvalue weighted by Crippen LogP contribution is -2.37. The lowest BCUT2D eigenvalue weighted by atomic mass is 9.96. The van der Waals surface area contributed by atoms with Crippen LogP contribution in [0.5, 0.6) is 0 Å². The standard InChI is InChI=1S/C22H23ClN4O4S/c1-2-30-22(29)16-6-5-15(12-17(16)23)24-21(28)14-7-9-27(10-8-14)13-19-25-20(26-31-19)18-4-3-11-32-18/h3-6,11-12,14H,2,7-10,13H2,1H3,(H,24,28). The molecule has 3 heterocycles. The fourth-order valence-corrected chi connectivity index (χ4v) is 4.49. The van der Waals surface area contributed by atoms with E-state index in [0.717, 1.165) is 30.8 Å². The van der Waals surface area contributed by atoms with Gasteiger partial charge in [-0.2, -0.15) is 4.98 Å². The second-order valence-corrected chi connectivity index (χ2v) is 8.80. The van der Waals surface area contributed by atoms with E-state index in [4.69, 9.17) is 20.9 Å². The van der Waals surface area contributed by atoms with Gasteiger partial charge < -0.3 is 14.6 Å². The summed E-state index contributed by atoms with van der Waals surface area (Å²) in [5, 5.41) is 9.17. The van der Waals surface area contributed by atoms with Crippen molar-refractivity contribution in [3.05, 3.63) is 52.2 Å². The number of hydrogen-bond acceptors (Lipinski definition) is 8. The van der Waals surface area contributed by atoms with Crippen LogP contribution in [0.1, 0.15) is 36.0 Å². The maximum Gasteiger partial charge on any atom is 0.339 e. The number of piperidine rings is 1. The first-order valence-corrected chi connectivity index (χ1v) is 11.7. The summed E-state index contributed by atoms with van der Waals surface area (Å²) in [6.45, 7) is 4.09. The highest BCUT2D eigenvalue weighted by molar-refractivity contribution is 7.13. The number of esters is 1. The molecule has 1 aliphatic rings. The summed E-state index contributed by atoms with van der Waals surface area (Å²) in [4.78, 5) is 32.2. The topological polar surface area (TPSA) is 97.6 Å². The van der Waals surface area contributed by atoms with Crippen molar-refractivity contribution >= 4 is 40.5 Å². The number of ether oxygens (including phenoxy) is 1. The van der Waals surface area contributed by atoms with Crippen LogP contribution in [0, 0.1) is 5.92 Å². The predicted octanol–water partition coefficient (Wildman–Crippen LogP) is 4.48. The zero-order valence-electron chi connectivity index (χ0n) is 17.5. The van der Waals surface area contributed by atoms with Crippen LogP contribution in [0.15, 0.2) is 40.2 Å². The Bertz CT molecular complexity index is 1080. The second-order valence-electron chi connectivity index (χ2n) is 7.44. The van der Waals surface area contributed by atoms with Gasteiger partial charge in [-0.1, -0.05) is 22.8 Å². The van der Waals surface area contributed by atoms with Gasteiger partial charge in [0.15, 0.2) is 0 Å². The number of nitrogens with one attached hydrogen (secondary N) is 1. The van der Waals surface area contributed by atoms with Gasteiger partial charge in [-0.15, -0.1) is 11.3 Å². The molecule has 1 fully saturated rings. The van der Waals surface area contributed by atoms with Gasteiger partial charge in [-0.3, -0.25) is 9.69 Å². The molecule has 0 saturated carbocycles. The van der Waals surface area contributed by atoms with Gasteiger partial charge in [-0.05, 0) is 62.5 Å². The Kier molecular flexibility index (Phi) is 7.19. The smallest absolute Gasteiger partial charge is 0.339 e. The Labute approximate surface area is 194 Å². The normalized spacial score (nSPS) is 14.9. The second kappa shape index (κ2) is 10.2. The number of halogens is 1. The third-order valence-corrected chi connectivity index (χ3v) is 6.44. The third-order valence-electron chi connectivity index (χ3n) is 5.26. The minimum atomic E-state index is -0.480. The Morgan fingerprint density at radius 3 is 2.81 bits per heavy atom. The van der Waals surface area contributed by atoms with Crippen molar-refractivity contribution in [1.82, 2.24) is 15.0 Å². The summed E-state index contributed by atoms with van der Waals surface area (Å²) >= 11 is 7.75. The highest BCUT2D eigenvalue weighted by atomic mass is 35.5. The molecule has 168 valence electrons. The van der Waals surface area contributed by atoms with Gasteiger partial charge in [0.2, 0.25) is 17.6 Å². The number of carbonyl (C=O) groups excluding carboxylic acids is 2. The molecule has 1 saturated heterocycles. The molecular weight excluding hydrogens is 452 g/mol. The minimum absolute atomic E-state index is 0.0534. The maximum atomic E-state index is 12.7. The summed E-state index contributed by atoms with van der Waals surface area (Å²) < 4.78 is 10.3. The van der Waals surface area contributed by atoms with E-state index in [1.54, 1.807) is 36.5 Å². The van der Waals surface area contributed by atoms with Crippen LogP contribution in [0.4, 0.5) is 5.69 Å². The van der Waals surface area contributed by atoms with Gasteiger partial charge in [0, 0.05) is 11.6 Å². The lowest BCUT2D eigenvalue weighted by Gasteiger charge is -2.30. The SMILES string of the molecule is CCOC(=O)c1ccc(NC(=O)C2CCN(Cc3nc(-c4cccs4)no3)CC2)cc1Cl. The molecule has 0 spiro atoms. The Hall–Kier alpha value is -2.75. The molecule has 0 bridgehead atoms. The number of benzene rings is 1. The van der Waals surface area contributed by atoms with Crippen molar-refractivity contribution in [3.63, 3.8) is 0 Å². The van der Waals surface area contributed by atoms with E-state index >= 15 is 0 Å². The monoisotopic (exact) mass is 474 g/mol. The highest BCUT2D eigenvalue weighted by Gasteiger charge is 2.26. The molecule has 2 aromatic heterocycles. The minimum Gasteiger partial charge on any atom is -0.462 e. The van der Waals surface area contributed by atoms with Crippen LogP contribution >= 0.6 is 22.9 Å². The third kappa shape index (κ3) is 5.35. The van der Waals surface area contributed by atoms with Crippen LogP contribution in [0.25, 0.3) is 10.7 Å². The van der Waals surface area contributed by atoms with E-state index in [1.165, 1.54) is 0 Å². The van der Waals surface area contributed by atoms with Crippen molar-refractivity contribution < 1.29 is 18.8 Å². The summed E-state index contributed by atoms with van der Waals surface area (Å²) in [7, 11) is 0. The summed E-state index contributed by atoms with van der Waals surface area (Å²) in [5.41, 5.74) is 0.838. The van der Waals surface area contributed by atoms with E-state index in [-0.39, 0.29) is 29.0 Å². The van der Waals surface area contributed by atoms with Crippen molar-refractivity contribution in [1.29, 1.82) is 0 Å². The number of amides is 1. The van der Waals surface area contributed by atoms with E-state index < -0.39 is 5.97 Å². The van der Waals surface area contributed by atoms with Gasteiger partial charge in [0.05, 0.1) is 28.6 Å². The molecule has 32 heavy (non-hydrogen) atoms. The molecule has 4 rings (SSSR count). The average Bonchev–Trinajstić information content (AvgIpc) is 3.46. The van der Waals surface area contributed by atoms with Crippen LogP contribution in [0.2, 0.25) is 5.02 Å². The van der Waals surface area contributed by atoms with Crippen molar-refractivity contribution in [2.75, 3.05) is 25.0 Å². The molecule has 1 N–H and O–H groups in total. The predicted molar refractivity (Wildman–Crippen MR) is 122 cm³/mol. The van der Waals surface area contributed by atoms with E-state index in [2.05, 4.69) is 20.4 Å². The van der Waals surface area contributed by atoms with Gasteiger partial charge >= 0.3 is 5.97 Å². The largest absolute Gasteiger partial charge is 0.462 e. The highest BCUT2D eigenvalue weighted by Crippen LogP contribution is 2.25. The number of rotatable bonds is 7. The quantitative estimate of drug-likeness (QED) is 0.504. The lowest BCUT2D eigenvalue weighted by molar-refractivity contribution is -0.121. The van der Waals surface area contributed by atoms with E-state index in [9.17, 15) is 9.59 Å². The van der Waals surface area contributed by atoms with Crippen molar-refractivity contribution in [2.45, 2.75) is 26.3 Å². The number of likely N-dealkylation sites (tertiary alicyclic amines) is 1. The molecule has 10 heteroatoms. The number of nitrogens with zero attached hydrogens (tertiary/aromatic N) is 3. The van der Waals surface area contributed by atoms with E-state index in [0.29, 0.717) is 23.9 Å². The fraction of sp³-hybridized carbons (Fsp3) is 0.364. The van der Waals surface area contributed by atoms with Crippen molar-refractivity contribution in [2.24, 2.45) is 5.92 Å². The molecule has 0 radical (unpaired) electrons. The number of hydrogen-bond donors (Lipinski definition) is 1. The number of thiophene rings is 1. The number of anilines is 1. The molecule has 3 aromatic rings. The molecule has 1 aliphatic heterocycles. The molecule has 1 amide bonds. The van der Waals surface area contributed by atoms with Crippen LogP contribution in [-0.2, 0) is 16.1 Å². The zero-order chi connectivity index (χ0) is 22.5. The average molecular weight is 475 g/mol.